The number of hydrogen-bond acceptors (Lipinski definition) is 2. The van der Waals surface area contributed by atoms with Crippen LogP contribution in [-0.2, 0) is 12.8 Å². The molecule has 2 aromatic carbocycles. The number of nitrogens with one attached hydrogen (secondary N) is 1. The standard InChI is InChI=1S/C21H26FNO.ClH/c1-23-14-17(11-15-5-3-7-18(22)12-15)20-8-4-6-16-13-19(24-2)9-10-21(16)20;/h3,5,7,9-10,12-13,17,20,23H,4,6,8,11,14H2,1-2H3;1H. The first kappa shape index (κ1) is 19.7. The monoisotopic (exact) mass is 363 g/mol. The summed E-state index contributed by atoms with van der Waals surface area (Å²) < 4.78 is 18.9. The van der Waals surface area contributed by atoms with Gasteiger partial charge in [-0.1, -0.05) is 18.2 Å². The third-order valence-corrected chi connectivity index (χ3v) is 5.13. The number of halogens is 2. The molecule has 3 rings (SSSR count). The van der Waals surface area contributed by atoms with Crippen LogP contribution in [-0.4, -0.2) is 20.7 Å². The third-order valence-electron chi connectivity index (χ3n) is 5.13. The molecule has 0 aliphatic heterocycles. The average molecular weight is 364 g/mol. The van der Waals surface area contributed by atoms with Crippen molar-refractivity contribution >= 4 is 12.4 Å². The van der Waals surface area contributed by atoms with Gasteiger partial charge in [-0.3, -0.25) is 0 Å². The number of methoxy groups -OCH3 is 1. The Morgan fingerprint density at radius 1 is 1.24 bits per heavy atom. The topological polar surface area (TPSA) is 21.3 Å². The number of fused-ring (bicyclic) bond motifs is 1. The summed E-state index contributed by atoms with van der Waals surface area (Å²) in [4.78, 5) is 0. The highest BCUT2D eigenvalue weighted by Crippen LogP contribution is 2.39. The Balaban J connectivity index is 0.00000225. The van der Waals surface area contributed by atoms with E-state index in [0.717, 1.165) is 30.7 Å². The predicted octanol–water partition coefficient (Wildman–Crippen LogP) is 4.75. The lowest BCUT2D eigenvalue weighted by Gasteiger charge is -2.33. The summed E-state index contributed by atoms with van der Waals surface area (Å²) in [6.07, 6.45) is 4.42. The van der Waals surface area contributed by atoms with Crippen molar-refractivity contribution in [3.63, 3.8) is 0 Å². The summed E-state index contributed by atoms with van der Waals surface area (Å²) >= 11 is 0. The fraction of sp³-hybridized carbons (Fsp3) is 0.429. The van der Waals surface area contributed by atoms with E-state index in [-0.39, 0.29) is 18.2 Å². The molecule has 0 saturated carbocycles. The van der Waals surface area contributed by atoms with Crippen molar-refractivity contribution in [2.75, 3.05) is 20.7 Å². The number of benzene rings is 2. The number of aryl methyl sites for hydroxylation is 1. The van der Waals surface area contributed by atoms with E-state index < -0.39 is 0 Å². The molecule has 25 heavy (non-hydrogen) atoms. The Hall–Kier alpha value is -1.58. The summed E-state index contributed by atoms with van der Waals surface area (Å²) in [5.74, 6) is 1.76. The van der Waals surface area contributed by atoms with Crippen LogP contribution in [0, 0.1) is 11.7 Å². The molecule has 0 aromatic heterocycles. The fourth-order valence-corrected chi connectivity index (χ4v) is 4.03. The van der Waals surface area contributed by atoms with Crippen LogP contribution in [0.3, 0.4) is 0 Å². The van der Waals surface area contributed by atoms with Gasteiger partial charge in [-0.15, -0.1) is 12.4 Å². The third kappa shape index (κ3) is 4.74. The summed E-state index contributed by atoms with van der Waals surface area (Å²) in [5.41, 5.74) is 3.93. The molecule has 1 aliphatic rings. The van der Waals surface area contributed by atoms with Gasteiger partial charge in [-0.25, -0.2) is 4.39 Å². The summed E-state index contributed by atoms with van der Waals surface area (Å²) in [7, 11) is 3.71. The van der Waals surface area contributed by atoms with E-state index >= 15 is 0 Å². The van der Waals surface area contributed by atoms with Gasteiger partial charge in [0.25, 0.3) is 0 Å². The van der Waals surface area contributed by atoms with Gasteiger partial charge in [0.15, 0.2) is 0 Å². The lowest BCUT2D eigenvalue weighted by atomic mass is 9.73. The SMILES string of the molecule is CNCC(Cc1cccc(F)c1)C1CCCc2cc(OC)ccc21.Cl. The van der Waals surface area contributed by atoms with Crippen molar-refractivity contribution in [3.05, 3.63) is 65.0 Å². The Bertz CT molecular complexity index is 691. The molecule has 2 aromatic rings. The van der Waals surface area contributed by atoms with Crippen molar-refractivity contribution in [2.45, 2.75) is 31.6 Å². The number of rotatable bonds is 6. The summed E-state index contributed by atoms with van der Waals surface area (Å²) in [5, 5.41) is 3.33. The van der Waals surface area contributed by atoms with Crippen molar-refractivity contribution < 1.29 is 9.13 Å². The molecule has 4 heteroatoms. The quantitative estimate of drug-likeness (QED) is 0.799. The maximum atomic E-state index is 13.5. The molecule has 1 aliphatic carbocycles. The van der Waals surface area contributed by atoms with Crippen LogP contribution in [0.15, 0.2) is 42.5 Å². The lowest BCUT2D eigenvalue weighted by molar-refractivity contribution is 0.363. The molecule has 2 atom stereocenters. The molecular formula is C21H27ClFNO. The Kier molecular flexibility index (Phi) is 7.27. The normalized spacial score (nSPS) is 17.3. The summed E-state index contributed by atoms with van der Waals surface area (Å²) in [6, 6.07) is 13.5. The minimum absolute atomic E-state index is 0. The molecular weight excluding hydrogens is 337 g/mol. The predicted molar refractivity (Wildman–Crippen MR) is 103 cm³/mol. The van der Waals surface area contributed by atoms with E-state index in [9.17, 15) is 4.39 Å². The fourth-order valence-electron chi connectivity index (χ4n) is 4.03. The van der Waals surface area contributed by atoms with Crippen molar-refractivity contribution in [1.82, 2.24) is 5.32 Å². The Morgan fingerprint density at radius 3 is 2.80 bits per heavy atom. The molecule has 2 nitrogen and oxygen atoms in total. The number of hydrogen-bond donors (Lipinski definition) is 1. The zero-order valence-electron chi connectivity index (χ0n) is 14.9. The van der Waals surface area contributed by atoms with E-state index in [4.69, 9.17) is 4.74 Å². The van der Waals surface area contributed by atoms with Crippen LogP contribution < -0.4 is 10.1 Å². The van der Waals surface area contributed by atoms with Gasteiger partial charge in [0.05, 0.1) is 7.11 Å². The van der Waals surface area contributed by atoms with Gasteiger partial charge in [-0.05, 0) is 92.1 Å². The molecule has 0 bridgehead atoms. The van der Waals surface area contributed by atoms with Gasteiger partial charge in [0, 0.05) is 0 Å². The van der Waals surface area contributed by atoms with E-state index in [1.165, 1.54) is 30.0 Å². The Labute approximate surface area is 156 Å². The maximum absolute atomic E-state index is 13.5. The second-order valence-corrected chi connectivity index (χ2v) is 6.72. The van der Waals surface area contributed by atoms with Crippen molar-refractivity contribution in [3.8, 4) is 5.75 Å². The van der Waals surface area contributed by atoms with E-state index in [0.29, 0.717) is 11.8 Å². The molecule has 2 unspecified atom stereocenters. The largest absolute Gasteiger partial charge is 0.497 e. The maximum Gasteiger partial charge on any atom is 0.123 e. The first-order valence-electron chi connectivity index (χ1n) is 8.77. The molecule has 0 amide bonds. The van der Waals surface area contributed by atoms with Gasteiger partial charge >= 0.3 is 0 Å². The molecule has 0 saturated heterocycles. The van der Waals surface area contributed by atoms with Crippen LogP contribution in [0.1, 0.15) is 35.4 Å². The highest BCUT2D eigenvalue weighted by molar-refractivity contribution is 5.85. The van der Waals surface area contributed by atoms with Crippen LogP contribution >= 0.6 is 12.4 Å². The second kappa shape index (κ2) is 9.21. The van der Waals surface area contributed by atoms with Crippen molar-refractivity contribution in [1.29, 1.82) is 0 Å². The average Bonchev–Trinajstić information content (AvgIpc) is 2.60. The lowest BCUT2D eigenvalue weighted by Crippen LogP contribution is -2.29. The van der Waals surface area contributed by atoms with Gasteiger partial charge in [-0.2, -0.15) is 0 Å². The van der Waals surface area contributed by atoms with Gasteiger partial charge in [0.2, 0.25) is 0 Å². The van der Waals surface area contributed by atoms with Gasteiger partial charge in [0.1, 0.15) is 11.6 Å². The number of ether oxygens (including phenoxy) is 1. The molecule has 136 valence electrons. The summed E-state index contributed by atoms with van der Waals surface area (Å²) in [6.45, 7) is 0.937. The van der Waals surface area contributed by atoms with E-state index in [1.54, 1.807) is 19.2 Å². The zero-order chi connectivity index (χ0) is 16.9. The molecule has 0 heterocycles. The molecule has 0 spiro atoms. The minimum atomic E-state index is -0.149. The van der Waals surface area contributed by atoms with E-state index in [1.807, 2.05) is 13.1 Å². The minimum Gasteiger partial charge on any atom is -0.497 e. The molecule has 0 radical (unpaired) electrons. The zero-order valence-corrected chi connectivity index (χ0v) is 15.7. The second-order valence-electron chi connectivity index (χ2n) is 6.72. The molecule has 0 fully saturated rings. The first-order chi connectivity index (χ1) is 11.7. The highest BCUT2D eigenvalue weighted by Gasteiger charge is 2.28. The molecule has 1 N–H and O–H groups in total. The van der Waals surface area contributed by atoms with Crippen LogP contribution in [0.4, 0.5) is 4.39 Å². The Morgan fingerprint density at radius 2 is 2.08 bits per heavy atom. The highest BCUT2D eigenvalue weighted by atomic mass is 35.5. The van der Waals surface area contributed by atoms with Crippen LogP contribution in [0.2, 0.25) is 0 Å². The van der Waals surface area contributed by atoms with Crippen molar-refractivity contribution in [2.24, 2.45) is 5.92 Å². The van der Waals surface area contributed by atoms with Gasteiger partial charge < -0.3 is 10.1 Å². The van der Waals surface area contributed by atoms with Crippen LogP contribution in [0.25, 0.3) is 0 Å². The smallest absolute Gasteiger partial charge is 0.123 e. The first-order valence-corrected chi connectivity index (χ1v) is 8.77. The van der Waals surface area contributed by atoms with Crippen LogP contribution in [0.5, 0.6) is 5.75 Å². The van der Waals surface area contributed by atoms with E-state index in [2.05, 4.69) is 23.5 Å².